The molecule has 0 fully saturated rings. The number of hydrogen-bond donors (Lipinski definition) is 4. The van der Waals surface area contributed by atoms with Crippen LogP contribution in [-0.4, -0.2) is 32.1 Å². The van der Waals surface area contributed by atoms with Gasteiger partial charge < -0.3 is 20.8 Å². The fourth-order valence-corrected chi connectivity index (χ4v) is 2.36. The molecular formula is C19H17ClN4O4. The van der Waals surface area contributed by atoms with Crippen molar-refractivity contribution in [1.29, 1.82) is 0 Å². The number of carbonyl (C=O) groups is 2. The summed E-state index contributed by atoms with van der Waals surface area (Å²) in [6, 6.07) is 12.7. The Kier molecular flexibility index (Phi) is 6.51. The van der Waals surface area contributed by atoms with Crippen LogP contribution in [0.4, 0.5) is 23.1 Å². The highest BCUT2D eigenvalue weighted by Gasteiger charge is 2.12. The third-order valence-corrected chi connectivity index (χ3v) is 3.77. The minimum Gasteiger partial charge on any atom is -0.478 e. The lowest BCUT2D eigenvalue weighted by Gasteiger charge is -2.12. The van der Waals surface area contributed by atoms with Crippen LogP contribution in [0.2, 0.25) is 0 Å². The number of nitrogens with zero attached hydrogens (tertiary/aromatic N) is 2. The molecule has 0 saturated heterocycles. The van der Waals surface area contributed by atoms with Crippen LogP contribution >= 0.6 is 12.4 Å². The molecule has 4 N–H and O–H groups in total. The second-order valence-corrected chi connectivity index (χ2v) is 5.71. The van der Waals surface area contributed by atoms with Gasteiger partial charge in [-0.25, -0.2) is 14.6 Å². The molecule has 0 bridgehead atoms. The Labute approximate surface area is 166 Å². The summed E-state index contributed by atoms with van der Waals surface area (Å²) in [5, 5.41) is 24.2. The fourth-order valence-electron chi connectivity index (χ4n) is 2.36. The van der Waals surface area contributed by atoms with Gasteiger partial charge >= 0.3 is 11.9 Å². The van der Waals surface area contributed by atoms with Gasteiger partial charge in [0.1, 0.15) is 5.82 Å². The lowest BCUT2D eigenvalue weighted by molar-refractivity contribution is 0.0686. The maximum atomic E-state index is 11.4. The highest BCUT2D eigenvalue weighted by molar-refractivity contribution is 5.95. The summed E-state index contributed by atoms with van der Waals surface area (Å²) in [4.78, 5) is 30.8. The van der Waals surface area contributed by atoms with Gasteiger partial charge in [0.05, 0.1) is 16.8 Å². The largest absolute Gasteiger partial charge is 0.478 e. The molecule has 0 atom stereocenters. The quantitative estimate of drug-likeness (QED) is 0.487. The summed E-state index contributed by atoms with van der Waals surface area (Å²) in [5.74, 6) is -1.29. The van der Waals surface area contributed by atoms with Crippen molar-refractivity contribution < 1.29 is 19.8 Å². The van der Waals surface area contributed by atoms with Crippen LogP contribution in [0, 0.1) is 6.92 Å². The number of aromatic nitrogens is 2. The van der Waals surface area contributed by atoms with E-state index in [9.17, 15) is 14.7 Å². The molecule has 0 aliphatic carbocycles. The normalized spacial score (nSPS) is 9.89. The van der Waals surface area contributed by atoms with E-state index >= 15 is 0 Å². The Balaban J connectivity index is 0.00000280. The van der Waals surface area contributed by atoms with Crippen LogP contribution in [0.25, 0.3) is 0 Å². The summed E-state index contributed by atoms with van der Waals surface area (Å²) in [6.07, 6.45) is 1.60. The molecule has 9 heteroatoms. The number of rotatable bonds is 6. The van der Waals surface area contributed by atoms with E-state index < -0.39 is 11.9 Å². The smallest absolute Gasteiger partial charge is 0.337 e. The van der Waals surface area contributed by atoms with Gasteiger partial charge in [-0.1, -0.05) is 12.1 Å². The van der Waals surface area contributed by atoms with Crippen LogP contribution in [0.1, 0.15) is 26.3 Å². The average Bonchev–Trinajstić information content (AvgIpc) is 2.65. The molecule has 3 aromatic rings. The van der Waals surface area contributed by atoms with E-state index in [4.69, 9.17) is 5.11 Å². The minimum atomic E-state index is -1.04. The van der Waals surface area contributed by atoms with Crippen molar-refractivity contribution in [2.75, 3.05) is 10.6 Å². The summed E-state index contributed by atoms with van der Waals surface area (Å²) >= 11 is 0. The SMILES string of the molecule is Cc1cnc(Nc2ccc(C(=O)O)cc2)nc1Nc1ccccc1C(=O)O.Cl. The lowest BCUT2D eigenvalue weighted by Crippen LogP contribution is -2.06. The zero-order valence-corrected chi connectivity index (χ0v) is 15.5. The number of hydrogen-bond acceptors (Lipinski definition) is 6. The van der Waals surface area contributed by atoms with Crippen LogP contribution in [0.15, 0.2) is 54.7 Å². The van der Waals surface area contributed by atoms with Crippen molar-refractivity contribution in [2.24, 2.45) is 0 Å². The summed E-state index contributed by atoms with van der Waals surface area (Å²) < 4.78 is 0. The molecule has 1 aromatic heterocycles. The number of nitrogens with one attached hydrogen (secondary N) is 2. The highest BCUT2D eigenvalue weighted by atomic mass is 35.5. The first-order valence-corrected chi connectivity index (χ1v) is 7.97. The number of carboxylic acid groups (broad SMARTS) is 2. The highest BCUT2D eigenvalue weighted by Crippen LogP contribution is 2.23. The summed E-state index contributed by atoms with van der Waals surface area (Å²) in [7, 11) is 0. The Hall–Kier alpha value is -3.65. The standard InChI is InChI=1S/C19H16N4O4.ClH/c1-11-10-20-19(21-13-8-6-12(7-9-13)17(24)25)23-16(11)22-15-5-3-2-4-14(15)18(26)27;/h2-10H,1H3,(H,24,25)(H,26,27)(H2,20,21,22,23);1H. The maximum Gasteiger partial charge on any atom is 0.337 e. The molecule has 0 aliphatic rings. The number of aryl methyl sites for hydroxylation is 1. The van der Waals surface area contributed by atoms with Crippen molar-refractivity contribution in [3.63, 3.8) is 0 Å². The first kappa shape index (κ1) is 20.7. The molecule has 0 unspecified atom stereocenters. The van der Waals surface area contributed by atoms with Crippen molar-refractivity contribution >= 4 is 47.5 Å². The van der Waals surface area contributed by atoms with Crippen LogP contribution in [0.5, 0.6) is 0 Å². The third kappa shape index (κ3) is 4.74. The van der Waals surface area contributed by atoms with E-state index in [-0.39, 0.29) is 23.5 Å². The second-order valence-electron chi connectivity index (χ2n) is 5.71. The average molecular weight is 401 g/mol. The monoisotopic (exact) mass is 400 g/mol. The summed E-state index contributed by atoms with van der Waals surface area (Å²) in [6.45, 7) is 1.80. The maximum absolute atomic E-state index is 11.4. The zero-order valence-electron chi connectivity index (χ0n) is 14.7. The van der Waals surface area contributed by atoms with Gasteiger partial charge in [0.15, 0.2) is 0 Å². The van der Waals surface area contributed by atoms with E-state index in [1.54, 1.807) is 43.5 Å². The lowest BCUT2D eigenvalue weighted by atomic mass is 10.1. The van der Waals surface area contributed by atoms with E-state index in [2.05, 4.69) is 20.6 Å². The molecule has 8 nitrogen and oxygen atoms in total. The number of para-hydroxylation sites is 1. The molecule has 28 heavy (non-hydrogen) atoms. The molecule has 3 rings (SSSR count). The third-order valence-electron chi connectivity index (χ3n) is 3.77. The number of halogens is 1. The predicted molar refractivity (Wildman–Crippen MR) is 107 cm³/mol. The molecule has 0 radical (unpaired) electrons. The van der Waals surface area contributed by atoms with Gasteiger partial charge in [-0.15, -0.1) is 12.4 Å². The molecule has 0 amide bonds. The molecule has 0 aliphatic heterocycles. The fraction of sp³-hybridized carbons (Fsp3) is 0.0526. The van der Waals surface area contributed by atoms with Crippen LogP contribution in [-0.2, 0) is 0 Å². The first-order valence-electron chi connectivity index (χ1n) is 7.97. The van der Waals surface area contributed by atoms with Crippen molar-refractivity contribution in [1.82, 2.24) is 9.97 Å². The predicted octanol–water partition coefficient (Wildman–Crippen LogP) is 4.09. The number of aromatic carboxylic acids is 2. The number of benzene rings is 2. The number of anilines is 4. The molecule has 144 valence electrons. The summed E-state index contributed by atoms with van der Waals surface area (Å²) in [5.41, 5.74) is 2.10. The Morgan fingerprint density at radius 1 is 0.929 bits per heavy atom. The molecule has 0 spiro atoms. The molecular weight excluding hydrogens is 384 g/mol. The topological polar surface area (TPSA) is 124 Å². The second kappa shape index (κ2) is 8.83. The van der Waals surface area contributed by atoms with Crippen molar-refractivity contribution in [3.8, 4) is 0 Å². The van der Waals surface area contributed by atoms with Crippen molar-refractivity contribution in [3.05, 3.63) is 71.4 Å². The van der Waals surface area contributed by atoms with Crippen LogP contribution < -0.4 is 10.6 Å². The molecule has 1 heterocycles. The van der Waals surface area contributed by atoms with Gasteiger partial charge in [-0.2, -0.15) is 4.98 Å². The van der Waals surface area contributed by atoms with E-state index in [1.165, 1.54) is 18.2 Å². The van der Waals surface area contributed by atoms with E-state index in [1.807, 2.05) is 0 Å². The zero-order chi connectivity index (χ0) is 19.4. The molecule has 0 saturated carbocycles. The van der Waals surface area contributed by atoms with E-state index in [0.29, 0.717) is 23.1 Å². The number of carboxylic acids is 2. The van der Waals surface area contributed by atoms with Gasteiger partial charge in [0, 0.05) is 17.4 Å². The van der Waals surface area contributed by atoms with Crippen molar-refractivity contribution in [2.45, 2.75) is 6.92 Å². The van der Waals surface area contributed by atoms with Crippen LogP contribution in [0.3, 0.4) is 0 Å². The van der Waals surface area contributed by atoms with Gasteiger partial charge in [0.2, 0.25) is 5.95 Å². The van der Waals surface area contributed by atoms with Gasteiger partial charge in [0.25, 0.3) is 0 Å². The minimum absolute atomic E-state index is 0. The Morgan fingerprint density at radius 3 is 2.25 bits per heavy atom. The molecule has 2 aromatic carbocycles. The first-order chi connectivity index (χ1) is 12.9. The Bertz CT molecular complexity index is 1010. The Morgan fingerprint density at radius 2 is 1.61 bits per heavy atom. The van der Waals surface area contributed by atoms with Gasteiger partial charge in [-0.05, 0) is 43.3 Å². The van der Waals surface area contributed by atoms with Gasteiger partial charge in [-0.3, -0.25) is 0 Å². The van der Waals surface area contributed by atoms with E-state index in [0.717, 1.165) is 5.56 Å².